The van der Waals surface area contributed by atoms with Crippen molar-refractivity contribution in [1.82, 2.24) is 24.1 Å². The Labute approximate surface area is 404 Å². The van der Waals surface area contributed by atoms with Gasteiger partial charge in [-0.05, 0) is 78.4 Å². The van der Waals surface area contributed by atoms with Crippen molar-refractivity contribution in [2.45, 2.75) is 0 Å². The molecule has 5 heterocycles. The molecule has 0 fully saturated rings. The average Bonchev–Trinajstić information content (AvgIpc) is 4.18. The molecule has 0 aliphatic carbocycles. The second-order valence-corrected chi connectivity index (χ2v) is 19.0. The van der Waals surface area contributed by atoms with Crippen LogP contribution in [0.4, 0.5) is 0 Å². The molecule has 0 aliphatic heterocycles. The van der Waals surface area contributed by atoms with E-state index in [1.165, 1.54) is 58.3 Å². The third-order valence-electron chi connectivity index (χ3n) is 14.0. The number of para-hydroxylation sites is 4. The predicted octanol–water partition coefficient (Wildman–Crippen LogP) is 17.0. The van der Waals surface area contributed by atoms with Crippen LogP contribution in [0.2, 0.25) is 0 Å². The Hall–Kier alpha value is -9.17. The number of fused-ring (bicyclic) bond motifs is 12. The van der Waals surface area contributed by atoms with Crippen LogP contribution in [0.15, 0.2) is 229 Å². The summed E-state index contributed by atoms with van der Waals surface area (Å²) in [5.41, 5.74) is 13.3. The van der Waals surface area contributed by atoms with Gasteiger partial charge in [-0.25, -0.2) is 15.0 Å². The maximum absolute atomic E-state index is 6.75. The van der Waals surface area contributed by atoms with Crippen LogP contribution < -0.4 is 0 Å². The SMILES string of the molecule is c1ccc(-c2nc(-c3cccc(-n4c5ccccc5c5ccccc54)c3)nc(-c3cccc4oc5ccc(-c6c(-n7c8ccccc8c8ccccc87)ccc7sc8ccccc8c67)cc5c34)n2)cc1. The first-order valence-corrected chi connectivity index (χ1v) is 24.3. The first kappa shape index (κ1) is 38.9. The normalized spacial score (nSPS) is 12.0. The minimum absolute atomic E-state index is 0.571. The molecule has 15 aromatic rings. The molecule has 15 rings (SSSR count). The van der Waals surface area contributed by atoms with Crippen molar-refractivity contribution >= 4 is 97.1 Å². The second-order valence-electron chi connectivity index (χ2n) is 17.9. The van der Waals surface area contributed by atoms with E-state index in [2.05, 4.69) is 203 Å². The lowest BCUT2D eigenvalue weighted by Crippen LogP contribution is -2.01. The van der Waals surface area contributed by atoms with Crippen molar-refractivity contribution in [3.8, 4) is 56.7 Å². The molecule has 0 amide bonds. The highest BCUT2D eigenvalue weighted by Crippen LogP contribution is 2.47. The zero-order chi connectivity index (χ0) is 45.9. The molecule has 7 heteroatoms. The highest BCUT2D eigenvalue weighted by atomic mass is 32.1. The van der Waals surface area contributed by atoms with Crippen LogP contribution in [-0.2, 0) is 0 Å². The van der Waals surface area contributed by atoms with Crippen molar-refractivity contribution in [2.24, 2.45) is 0 Å². The summed E-state index contributed by atoms with van der Waals surface area (Å²) in [7, 11) is 0. The molecule has 0 atom stereocenters. The summed E-state index contributed by atoms with van der Waals surface area (Å²) >= 11 is 1.84. The zero-order valence-corrected chi connectivity index (χ0v) is 38.2. The first-order chi connectivity index (χ1) is 34.7. The van der Waals surface area contributed by atoms with E-state index < -0.39 is 0 Å². The molecule has 10 aromatic carbocycles. The maximum Gasteiger partial charge on any atom is 0.164 e. The van der Waals surface area contributed by atoms with Gasteiger partial charge in [0.15, 0.2) is 17.5 Å². The van der Waals surface area contributed by atoms with Gasteiger partial charge in [0.2, 0.25) is 0 Å². The lowest BCUT2D eigenvalue weighted by atomic mass is 9.95. The zero-order valence-electron chi connectivity index (χ0n) is 37.4. The van der Waals surface area contributed by atoms with Gasteiger partial charge in [0.1, 0.15) is 11.2 Å². The van der Waals surface area contributed by atoms with Gasteiger partial charge in [0, 0.05) is 80.4 Å². The summed E-state index contributed by atoms with van der Waals surface area (Å²) in [5, 5.41) is 9.31. The van der Waals surface area contributed by atoms with Crippen molar-refractivity contribution in [3.05, 3.63) is 224 Å². The minimum atomic E-state index is 0.571. The van der Waals surface area contributed by atoms with Crippen molar-refractivity contribution in [3.63, 3.8) is 0 Å². The summed E-state index contributed by atoms with van der Waals surface area (Å²) in [6.07, 6.45) is 0. The quantitative estimate of drug-likeness (QED) is 0.167. The van der Waals surface area contributed by atoms with Gasteiger partial charge >= 0.3 is 0 Å². The highest BCUT2D eigenvalue weighted by molar-refractivity contribution is 7.26. The van der Waals surface area contributed by atoms with E-state index in [1.54, 1.807) is 0 Å². The summed E-state index contributed by atoms with van der Waals surface area (Å²) in [6.45, 7) is 0. The molecule has 0 N–H and O–H groups in total. The Morgan fingerprint density at radius 2 is 0.914 bits per heavy atom. The molecule has 70 heavy (non-hydrogen) atoms. The summed E-state index contributed by atoms with van der Waals surface area (Å²) in [5.74, 6) is 1.76. The van der Waals surface area contributed by atoms with Gasteiger partial charge in [0.05, 0.1) is 27.8 Å². The summed E-state index contributed by atoms with van der Waals surface area (Å²) in [4.78, 5) is 15.8. The van der Waals surface area contributed by atoms with Gasteiger partial charge in [-0.1, -0.05) is 152 Å². The van der Waals surface area contributed by atoms with E-state index in [0.29, 0.717) is 17.5 Å². The average molecular weight is 912 g/mol. The van der Waals surface area contributed by atoms with Crippen LogP contribution in [0, 0.1) is 0 Å². The van der Waals surface area contributed by atoms with Crippen LogP contribution in [-0.4, -0.2) is 24.1 Å². The van der Waals surface area contributed by atoms with E-state index in [1.807, 2.05) is 41.7 Å². The van der Waals surface area contributed by atoms with Crippen molar-refractivity contribution in [2.75, 3.05) is 0 Å². The lowest BCUT2D eigenvalue weighted by Gasteiger charge is -2.16. The Morgan fingerprint density at radius 3 is 1.61 bits per heavy atom. The first-order valence-electron chi connectivity index (χ1n) is 23.5. The van der Waals surface area contributed by atoms with Gasteiger partial charge in [-0.15, -0.1) is 11.3 Å². The number of aromatic nitrogens is 5. The van der Waals surface area contributed by atoms with E-state index in [9.17, 15) is 0 Å². The van der Waals surface area contributed by atoms with Crippen LogP contribution in [0.3, 0.4) is 0 Å². The van der Waals surface area contributed by atoms with Gasteiger partial charge in [-0.3, -0.25) is 0 Å². The standard InChI is InChI=1S/C63H37N5OS/c1-2-16-38(17-3-1)61-64-62(40-18-14-19-41(36-40)67-49-26-9-4-20-42(49)43-21-5-10-27-50(43)67)66-63(65-61)47-25-15-30-55-59(47)48-37-39(32-34-54(48)69-55)58-53(33-35-57-60(58)46-24-8-13-31-56(46)70-57)68-51-28-11-6-22-44(51)45-23-7-12-29-52(45)68/h1-37H. The molecular formula is C63H37N5OS. The van der Waals surface area contributed by atoms with Crippen LogP contribution >= 0.6 is 11.3 Å². The van der Waals surface area contributed by atoms with E-state index in [4.69, 9.17) is 19.4 Å². The van der Waals surface area contributed by atoms with Crippen LogP contribution in [0.25, 0.3) is 142 Å². The third kappa shape index (κ3) is 5.82. The number of benzene rings is 10. The molecule has 0 saturated carbocycles. The fourth-order valence-electron chi connectivity index (χ4n) is 11.0. The monoisotopic (exact) mass is 911 g/mol. The molecule has 0 saturated heterocycles. The molecule has 0 spiro atoms. The van der Waals surface area contributed by atoms with E-state index in [-0.39, 0.29) is 0 Å². The van der Waals surface area contributed by atoms with E-state index in [0.717, 1.165) is 66.6 Å². The predicted molar refractivity (Wildman–Crippen MR) is 290 cm³/mol. The third-order valence-corrected chi connectivity index (χ3v) is 15.1. The van der Waals surface area contributed by atoms with Crippen molar-refractivity contribution < 1.29 is 4.42 Å². The molecule has 326 valence electrons. The molecule has 0 bridgehead atoms. The number of hydrogen-bond donors (Lipinski definition) is 0. The molecule has 6 nitrogen and oxygen atoms in total. The molecule has 0 unspecified atom stereocenters. The molecule has 5 aromatic heterocycles. The smallest absolute Gasteiger partial charge is 0.164 e. The fourth-order valence-corrected chi connectivity index (χ4v) is 12.1. The topological polar surface area (TPSA) is 61.7 Å². The summed E-state index contributed by atoms with van der Waals surface area (Å²) in [6, 6.07) is 79.6. The Balaban J connectivity index is 0.963. The van der Waals surface area contributed by atoms with Crippen LogP contribution in [0.5, 0.6) is 0 Å². The van der Waals surface area contributed by atoms with Crippen LogP contribution in [0.1, 0.15) is 0 Å². The van der Waals surface area contributed by atoms with Gasteiger partial charge in [0.25, 0.3) is 0 Å². The lowest BCUT2D eigenvalue weighted by molar-refractivity contribution is 0.669. The maximum atomic E-state index is 6.75. The molecule has 0 aliphatic rings. The summed E-state index contributed by atoms with van der Waals surface area (Å²) < 4.78 is 14.0. The minimum Gasteiger partial charge on any atom is -0.456 e. The Morgan fingerprint density at radius 1 is 0.343 bits per heavy atom. The highest BCUT2D eigenvalue weighted by Gasteiger charge is 2.23. The largest absolute Gasteiger partial charge is 0.456 e. The van der Waals surface area contributed by atoms with Crippen molar-refractivity contribution in [1.29, 1.82) is 0 Å². The van der Waals surface area contributed by atoms with Gasteiger partial charge < -0.3 is 13.6 Å². The second kappa shape index (κ2) is 15.2. The Bertz CT molecular complexity index is 4510. The number of rotatable bonds is 6. The number of thiophene rings is 1. The Kier molecular flexibility index (Phi) is 8.43. The molecular weight excluding hydrogens is 875 g/mol. The fraction of sp³-hybridized carbons (Fsp3) is 0. The molecule has 0 radical (unpaired) electrons. The van der Waals surface area contributed by atoms with E-state index >= 15 is 0 Å². The van der Waals surface area contributed by atoms with Gasteiger partial charge in [-0.2, -0.15) is 0 Å². The number of furan rings is 1. The number of hydrogen-bond acceptors (Lipinski definition) is 5. The number of nitrogens with zero attached hydrogens (tertiary/aromatic N) is 5.